The third-order valence-corrected chi connectivity index (χ3v) is 2.24. The zero-order chi connectivity index (χ0) is 8.97. The lowest BCUT2D eigenvalue weighted by Gasteiger charge is -2.13. The molecule has 4 nitrogen and oxygen atoms in total. The van der Waals surface area contributed by atoms with Crippen LogP contribution < -0.4 is 5.73 Å². The van der Waals surface area contributed by atoms with E-state index in [0.29, 0.717) is 6.54 Å². The fraction of sp³-hybridized carbons (Fsp3) is 0.429. The molecular weight excluding hydrogens is 174 g/mol. The molecule has 1 amide bonds. The molecule has 0 bridgehead atoms. The van der Waals surface area contributed by atoms with Crippen molar-refractivity contribution in [2.75, 3.05) is 13.6 Å². The number of aromatic nitrogens is 1. The first-order chi connectivity index (χ1) is 5.74. The second-order valence-electron chi connectivity index (χ2n) is 2.42. The number of likely N-dealkylation sites (N-methyl/N-ethyl adjacent to an activating group) is 1. The summed E-state index contributed by atoms with van der Waals surface area (Å²) in [5.74, 6) is -0.0524. The lowest BCUT2D eigenvalue weighted by molar-refractivity contribution is -0.128. The first kappa shape index (κ1) is 9.15. The molecule has 0 radical (unpaired) electrons. The van der Waals surface area contributed by atoms with Crippen molar-refractivity contribution in [1.82, 2.24) is 9.88 Å². The number of hydrogen-bond donors (Lipinski definition) is 1. The summed E-state index contributed by atoms with van der Waals surface area (Å²) in [5.41, 5.74) is 6.94. The van der Waals surface area contributed by atoms with E-state index >= 15 is 0 Å². The Labute approximate surface area is 75.0 Å². The van der Waals surface area contributed by atoms with E-state index in [1.54, 1.807) is 23.7 Å². The van der Waals surface area contributed by atoms with E-state index < -0.39 is 0 Å². The van der Waals surface area contributed by atoms with Crippen molar-refractivity contribution in [3.05, 3.63) is 16.6 Å². The number of amides is 1. The minimum atomic E-state index is -0.0524. The molecule has 0 aromatic carbocycles. The average molecular weight is 185 g/mol. The van der Waals surface area contributed by atoms with Crippen molar-refractivity contribution >= 4 is 17.2 Å². The highest BCUT2D eigenvalue weighted by molar-refractivity contribution is 7.09. The van der Waals surface area contributed by atoms with Gasteiger partial charge < -0.3 is 10.6 Å². The van der Waals surface area contributed by atoms with Gasteiger partial charge in [-0.05, 0) is 0 Å². The predicted molar refractivity (Wildman–Crippen MR) is 47.6 cm³/mol. The molecule has 0 saturated heterocycles. The molecule has 0 atom stereocenters. The van der Waals surface area contributed by atoms with Gasteiger partial charge in [-0.2, -0.15) is 0 Å². The quantitative estimate of drug-likeness (QED) is 0.724. The number of nitrogens with zero attached hydrogens (tertiary/aromatic N) is 2. The van der Waals surface area contributed by atoms with E-state index in [9.17, 15) is 4.79 Å². The third kappa shape index (κ3) is 2.28. The molecule has 0 aliphatic carbocycles. The van der Waals surface area contributed by atoms with Gasteiger partial charge in [-0.25, -0.2) is 0 Å². The summed E-state index contributed by atoms with van der Waals surface area (Å²) in [5, 5.41) is 0. The SMILES string of the molecule is CN(Cc1cncs1)C(=O)CN. The standard InChI is InChI=1S/C7H11N3OS/c1-10(7(11)2-8)4-6-3-9-5-12-6/h3,5H,2,4,8H2,1H3. The summed E-state index contributed by atoms with van der Waals surface area (Å²) in [6, 6.07) is 0. The van der Waals surface area contributed by atoms with E-state index in [1.807, 2.05) is 0 Å². The molecule has 2 N–H and O–H groups in total. The minimum absolute atomic E-state index is 0.0524. The number of carbonyl (C=O) groups is 1. The topological polar surface area (TPSA) is 59.2 Å². The summed E-state index contributed by atoms with van der Waals surface area (Å²) in [6.07, 6.45) is 1.75. The van der Waals surface area contributed by atoms with Crippen LogP contribution in [0, 0.1) is 0 Å². The van der Waals surface area contributed by atoms with Crippen molar-refractivity contribution < 1.29 is 4.79 Å². The number of nitrogens with two attached hydrogens (primary N) is 1. The molecule has 66 valence electrons. The molecule has 0 fully saturated rings. The molecule has 1 aromatic rings. The summed E-state index contributed by atoms with van der Waals surface area (Å²) in [6.45, 7) is 0.663. The van der Waals surface area contributed by atoms with Gasteiger partial charge in [0.25, 0.3) is 0 Å². The molecule has 0 spiro atoms. The summed E-state index contributed by atoms with van der Waals surface area (Å²) >= 11 is 1.53. The second kappa shape index (κ2) is 4.18. The van der Waals surface area contributed by atoms with Crippen molar-refractivity contribution in [2.24, 2.45) is 5.73 Å². The molecule has 0 aliphatic heterocycles. The van der Waals surface area contributed by atoms with E-state index in [-0.39, 0.29) is 12.5 Å². The van der Waals surface area contributed by atoms with Crippen LogP contribution in [0.15, 0.2) is 11.7 Å². The van der Waals surface area contributed by atoms with Crippen molar-refractivity contribution in [1.29, 1.82) is 0 Å². The van der Waals surface area contributed by atoms with Crippen LogP contribution >= 0.6 is 11.3 Å². The van der Waals surface area contributed by atoms with Crippen LogP contribution in [-0.2, 0) is 11.3 Å². The van der Waals surface area contributed by atoms with Gasteiger partial charge in [0.15, 0.2) is 0 Å². The Morgan fingerprint density at radius 3 is 3.08 bits per heavy atom. The Bertz CT molecular complexity index is 247. The first-order valence-electron chi connectivity index (χ1n) is 3.55. The molecule has 1 aromatic heterocycles. The molecule has 12 heavy (non-hydrogen) atoms. The maximum Gasteiger partial charge on any atom is 0.236 e. The Kier molecular flexibility index (Phi) is 3.19. The first-order valence-corrected chi connectivity index (χ1v) is 4.43. The smallest absolute Gasteiger partial charge is 0.236 e. The zero-order valence-corrected chi connectivity index (χ0v) is 7.67. The monoisotopic (exact) mass is 185 g/mol. The van der Waals surface area contributed by atoms with E-state index in [4.69, 9.17) is 5.73 Å². The molecule has 0 saturated carbocycles. The van der Waals surface area contributed by atoms with Gasteiger partial charge in [-0.3, -0.25) is 9.78 Å². The van der Waals surface area contributed by atoms with Crippen LogP contribution in [0.2, 0.25) is 0 Å². The lowest BCUT2D eigenvalue weighted by atomic mass is 10.4. The van der Waals surface area contributed by atoms with Gasteiger partial charge in [0.05, 0.1) is 18.6 Å². The summed E-state index contributed by atoms with van der Waals surface area (Å²) in [4.78, 5) is 17.6. The Balaban J connectivity index is 2.47. The van der Waals surface area contributed by atoms with Gasteiger partial charge in [0, 0.05) is 18.1 Å². The molecule has 1 rings (SSSR count). The Morgan fingerprint density at radius 1 is 1.83 bits per heavy atom. The molecule has 0 unspecified atom stereocenters. The Hall–Kier alpha value is -0.940. The number of thiazole rings is 1. The number of rotatable bonds is 3. The average Bonchev–Trinajstić information content (AvgIpc) is 2.55. The van der Waals surface area contributed by atoms with Crippen molar-refractivity contribution in [2.45, 2.75) is 6.54 Å². The second-order valence-corrected chi connectivity index (χ2v) is 3.39. The minimum Gasteiger partial charge on any atom is -0.339 e. The largest absolute Gasteiger partial charge is 0.339 e. The van der Waals surface area contributed by atoms with Crippen LogP contribution in [-0.4, -0.2) is 29.4 Å². The van der Waals surface area contributed by atoms with Crippen molar-refractivity contribution in [3.63, 3.8) is 0 Å². The number of carbonyl (C=O) groups excluding carboxylic acids is 1. The lowest BCUT2D eigenvalue weighted by Crippen LogP contribution is -2.31. The van der Waals surface area contributed by atoms with Gasteiger partial charge >= 0.3 is 0 Å². The van der Waals surface area contributed by atoms with Crippen LogP contribution in [0.3, 0.4) is 0 Å². The summed E-state index contributed by atoms with van der Waals surface area (Å²) in [7, 11) is 1.73. The molecule has 1 heterocycles. The molecule has 5 heteroatoms. The van der Waals surface area contributed by atoms with Gasteiger partial charge in [-0.15, -0.1) is 11.3 Å². The maximum absolute atomic E-state index is 11.0. The molecule has 0 aliphatic rings. The normalized spacial score (nSPS) is 9.83. The zero-order valence-electron chi connectivity index (χ0n) is 6.86. The van der Waals surface area contributed by atoms with Crippen LogP contribution in [0.4, 0.5) is 0 Å². The third-order valence-electron chi connectivity index (χ3n) is 1.48. The van der Waals surface area contributed by atoms with Crippen LogP contribution in [0.25, 0.3) is 0 Å². The summed E-state index contributed by atoms with van der Waals surface area (Å²) < 4.78 is 0. The van der Waals surface area contributed by atoms with Crippen LogP contribution in [0.1, 0.15) is 4.88 Å². The molecular formula is C7H11N3OS. The van der Waals surface area contributed by atoms with Gasteiger partial charge in [0.1, 0.15) is 0 Å². The predicted octanol–water partition coefficient (Wildman–Crippen LogP) is 0.0602. The van der Waals surface area contributed by atoms with E-state index in [1.165, 1.54) is 11.3 Å². The van der Waals surface area contributed by atoms with Crippen LogP contribution in [0.5, 0.6) is 0 Å². The maximum atomic E-state index is 11.0. The highest BCUT2D eigenvalue weighted by atomic mass is 32.1. The van der Waals surface area contributed by atoms with E-state index in [0.717, 1.165) is 4.88 Å². The number of hydrogen-bond acceptors (Lipinski definition) is 4. The van der Waals surface area contributed by atoms with E-state index in [2.05, 4.69) is 4.98 Å². The highest BCUT2D eigenvalue weighted by Crippen LogP contribution is 2.07. The van der Waals surface area contributed by atoms with Crippen molar-refractivity contribution in [3.8, 4) is 0 Å². The fourth-order valence-electron chi connectivity index (χ4n) is 0.798. The Morgan fingerprint density at radius 2 is 2.58 bits per heavy atom. The highest BCUT2D eigenvalue weighted by Gasteiger charge is 2.06. The van der Waals surface area contributed by atoms with Gasteiger partial charge in [0.2, 0.25) is 5.91 Å². The van der Waals surface area contributed by atoms with Gasteiger partial charge in [-0.1, -0.05) is 0 Å². The fourth-order valence-corrected chi connectivity index (χ4v) is 1.44.